The monoisotopic (exact) mass is 724 g/mol. The number of benzene rings is 4. The van der Waals surface area contributed by atoms with E-state index < -0.39 is 21.7 Å². The molecule has 8 rings (SSSR count). The molecule has 4 aromatic carbocycles. The summed E-state index contributed by atoms with van der Waals surface area (Å²) in [5, 5.41) is 3.97. The van der Waals surface area contributed by atoms with E-state index in [0.717, 1.165) is 5.56 Å². The van der Waals surface area contributed by atoms with Gasteiger partial charge >= 0.3 is 0 Å². The number of aromatic nitrogens is 2. The SMILES string of the molecule is CNC(=O)c1c(-c2ccc(F)cc2)oc2cc(NS(=O)(=O)CCc3ccc(Cl)cc3)c(-c3ccc4c(n3)-c3cc5c(F)cccc5n3CO4)cc12. The van der Waals surface area contributed by atoms with Gasteiger partial charge in [-0.15, -0.1) is 0 Å². The zero-order valence-corrected chi connectivity index (χ0v) is 28.4. The molecule has 0 aliphatic carbocycles. The van der Waals surface area contributed by atoms with Crippen LogP contribution >= 0.6 is 11.6 Å². The van der Waals surface area contributed by atoms with Crippen molar-refractivity contribution in [2.75, 3.05) is 17.5 Å². The van der Waals surface area contributed by atoms with E-state index in [1.165, 1.54) is 43.4 Å². The van der Waals surface area contributed by atoms with Crippen molar-refractivity contribution in [1.82, 2.24) is 14.9 Å². The van der Waals surface area contributed by atoms with Gasteiger partial charge in [0.25, 0.3) is 5.91 Å². The fourth-order valence-electron chi connectivity index (χ4n) is 6.33. The lowest BCUT2D eigenvalue weighted by Crippen LogP contribution is -2.19. The highest BCUT2D eigenvalue weighted by molar-refractivity contribution is 7.92. The fourth-order valence-corrected chi connectivity index (χ4v) is 7.57. The smallest absolute Gasteiger partial charge is 0.255 e. The number of sulfonamides is 1. The molecule has 4 heterocycles. The maximum absolute atomic E-state index is 14.8. The van der Waals surface area contributed by atoms with Gasteiger partial charge in [-0.05, 0) is 84.8 Å². The number of furan rings is 1. The molecule has 51 heavy (non-hydrogen) atoms. The Morgan fingerprint density at radius 3 is 2.51 bits per heavy atom. The van der Waals surface area contributed by atoms with Crippen LogP contribution in [0, 0.1) is 11.6 Å². The van der Waals surface area contributed by atoms with Gasteiger partial charge in [-0.1, -0.05) is 29.8 Å². The molecule has 0 saturated heterocycles. The van der Waals surface area contributed by atoms with Crippen LogP contribution in [0.1, 0.15) is 15.9 Å². The van der Waals surface area contributed by atoms with Gasteiger partial charge in [0.1, 0.15) is 34.4 Å². The van der Waals surface area contributed by atoms with Gasteiger partial charge in [0.05, 0.1) is 33.9 Å². The largest absolute Gasteiger partial charge is 0.470 e. The molecule has 0 spiro atoms. The molecule has 256 valence electrons. The lowest BCUT2D eigenvalue weighted by molar-refractivity contribution is 0.0964. The number of pyridine rings is 1. The highest BCUT2D eigenvalue weighted by Crippen LogP contribution is 2.43. The van der Waals surface area contributed by atoms with Gasteiger partial charge in [-0.25, -0.2) is 22.2 Å². The van der Waals surface area contributed by atoms with Crippen LogP contribution in [0.5, 0.6) is 5.75 Å². The molecular weight excluding hydrogens is 698 g/mol. The molecule has 1 aliphatic rings. The van der Waals surface area contributed by atoms with Crippen molar-refractivity contribution in [1.29, 1.82) is 0 Å². The molecule has 0 atom stereocenters. The van der Waals surface area contributed by atoms with E-state index >= 15 is 0 Å². The Labute approximate surface area is 295 Å². The minimum absolute atomic E-state index is 0.150. The van der Waals surface area contributed by atoms with Gasteiger partial charge < -0.3 is 19.0 Å². The first kappa shape index (κ1) is 32.5. The molecule has 0 unspecified atom stereocenters. The van der Waals surface area contributed by atoms with E-state index in [9.17, 15) is 22.0 Å². The van der Waals surface area contributed by atoms with Crippen molar-refractivity contribution in [3.8, 4) is 39.7 Å². The third-order valence-electron chi connectivity index (χ3n) is 8.85. The number of carbonyl (C=O) groups excluding carboxylic acids is 1. The highest BCUT2D eigenvalue weighted by Gasteiger charge is 2.27. The Bertz CT molecular complexity index is 2620. The molecule has 0 fully saturated rings. The number of aryl methyl sites for hydroxylation is 1. The van der Waals surface area contributed by atoms with Crippen molar-refractivity contribution in [3.63, 3.8) is 0 Å². The van der Waals surface area contributed by atoms with Crippen molar-refractivity contribution in [2.45, 2.75) is 13.2 Å². The Morgan fingerprint density at radius 1 is 0.961 bits per heavy atom. The van der Waals surface area contributed by atoms with Gasteiger partial charge in [0.2, 0.25) is 10.0 Å². The van der Waals surface area contributed by atoms with Crippen LogP contribution in [0.25, 0.3) is 55.8 Å². The Morgan fingerprint density at radius 2 is 1.75 bits per heavy atom. The number of halogens is 3. The number of amides is 1. The number of ether oxygens (including phenoxy) is 1. The first-order valence-corrected chi connectivity index (χ1v) is 17.9. The molecule has 7 aromatic rings. The van der Waals surface area contributed by atoms with Crippen LogP contribution in [0.3, 0.4) is 0 Å². The summed E-state index contributed by atoms with van der Waals surface area (Å²) in [6.07, 6.45) is 0.218. The predicted molar refractivity (Wildman–Crippen MR) is 192 cm³/mol. The lowest BCUT2D eigenvalue weighted by atomic mass is 10.0. The molecule has 0 bridgehead atoms. The second-order valence-electron chi connectivity index (χ2n) is 12.0. The maximum Gasteiger partial charge on any atom is 0.255 e. The number of hydrogen-bond acceptors (Lipinski definition) is 6. The molecule has 1 amide bonds. The Hall–Kier alpha value is -5.72. The average Bonchev–Trinajstić information content (AvgIpc) is 3.70. The van der Waals surface area contributed by atoms with Gasteiger partial charge in [0, 0.05) is 40.0 Å². The number of anilines is 1. The first-order chi connectivity index (χ1) is 24.6. The fraction of sp³-hybridized carbons (Fsp3) is 0.105. The summed E-state index contributed by atoms with van der Waals surface area (Å²) in [4.78, 5) is 18.3. The number of hydrogen-bond donors (Lipinski definition) is 2. The predicted octanol–water partition coefficient (Wildman–Crippen LogP) is 8.41. The van der Waals surface area contributed by atoms with E-state index in [4.69, 9.17) is 25.7 Å². The van der Waals surface area contributed by atoms with E-state index in [1.807, 2.05) is 4.57 Å². The van der Waals surface area contributed by atoms with Crippen molar-refractivity contribution in [2.24, 2.45) is 0 Å². The zero-order chi connectivity index (χ0) is 35.4. The second kappa shape index (κ2) is 12.6. The summed E-state index contributed by atoms with van der Waals surface area (Å²) in [5.41, 5.74) is 4.15. The summed E-state index contributed by atoms with van der Waals surface area (Å²) in [5.74, 6) is -0.908. The maximum atomic E-state index is 14.8. The van der Waals surface area contributed by atoms with Crippen molar-refractivity contribution in [3.05, 3.63) is 125 Å². The summed E-state index contributed by atoms with van der Waals surface area (Å²) < 4.78 is 72.6. The second-order valence-corrected chi connectivity index (χ2v) is 14.3. The molecule has 1 aliphatic heterocycles. The molecule has 3 aromatic heterocycles. The number of nitrogens with zero attached hydrogens (tertiary/aromatic N) is 2. The molecular formula is C38H27ClF2N4O5S. The summed E-state index contributed by atoms with van der Waals surface area (Å²) in [6.45, 7) is 0.150. The van der Waals surface area contributed by atoms with Crippen molar-refractivity contribution >= 4 is 55.1 Å². The van der Waals surface area contributed by atoms with Crippen LogP contribution in [0.4, 0.5) is 14.5 Å². The quantitative estimate of drug-likeness (QED) is 0.163. The Kier molecular flexibility index (Phi) is 8.00. The topological polar surface area (TPSA) is 115 Å². The van der Waals surface area contributed by atoms with E-state index in [2.05, 4.69) is 10.0 Å². The molecule has 13 heteroatoms. The molecule has 2 N–H and O–H groups in total. The van der Waals surface area contributed by atoms with Crippen LogP contribution in [0.2, 0.25) is 5.02 Å². The van der Waals surface area contributed by atoms with Crippen LogP contribution in [-0.2, 0) is 23.2 Å². The molecule has 0 saturated carbocycles. The molecule has 0 radical (unpaired) electrons. The summed E-state index contributed by atoms with van der Waals surface area (Å²) in [6, 6.07) is 25.5. The number of rotatable bonds is 8. The number of carbonyl (C=O) groups is 1. The van der Waals surface area contributed by atoms with Gasteiger partial charge in [-0.3, -0.25) is 9.52 Å². The van der Waals surface area contributed by atoms with Gasteiger partial charge in [0.15, 0.2) is 6.73 Å². The average molecular weight is 725 g/mol. The summed E-state index contributed by atoms with van der Waals surface area (Å²) >= 11 is 6.01. The number of nitrogens with one attached hydrogen (secondary N) is 2. The van der Waals surface area contributed by atoms with Crippen LogP contribution in [-0.4, -0.2) is 36.7 Å². The number of fused-ring (bicyclic) bond motifs is 6. The standard InChI is InChI=1S/C38H27ClF2N4O5S/c1-42-38(46)35-27-17-26(29-13-14-33-36(43-29)32-18-25-28(41)3-2-4-31(25)45(32)20-49-33)30(19-34(27)50-37(35)22-7-11-24(40)12-8-22)44-51(47,48)16-15-21-5-9-23(39)10-6-21/h2-14,17-19,44H,15-16,20H2,1H3,(H,42,46). The minimum Gasteiger partial charge on any atom is -0.470 e. The first-order valence-electron chi connectivity index (χ1n) is 15.8. The third-order valence-corrected chi connectivity index (χ3v) is 10.4. The highest BCUT2D eigenvalue weighted by atomic mass is 35.5. The van der Waals surface area contributed by atoms with Crippen LogP contribution in [0.15, 0.2) is 101 Å². The van der Waals surface area contributed by atoms with Gasteiger partial charge in [-0.2, -0.15) is 0 Å². The van der Waals surface area contributed by atoms with E-state index in [0.29, 0.717) is 55.3 Å². The Balaban J connectivity index is 1.29. The van der Waals surface area contributed by atoms with E-state index in [-0.39, 0.29) is 47.3 Å². The minimum atomic E-state index is -3.96. The van der Waals surface area contributed by atoms with Crippen molar-refractivity contribution < 1.29 is 31.1 Å². The van der Waals surface area contributed by atoms with E-state index in [1.54, 1.807) is 60.7 Å². The van der Waals surface area contributed by atoms with Crippen LogP contribution < -0.4 is 14.8 Å². The molecule has 9 nitrogen and oxygen atoms in total. The zero-order valence-electron chi connectivity index (χ0n) is 26.8. The normalized spacial score (nSPS) is 12.4. The third kappa shape index (κ3) is 5.96. The lowest BCUT2D eigenvalue weighted by Gasteiger charge is -2.21. The summed E-state index contributed by atoms with van der Waals surface area (Å²) in [7, 11) is -2.48.